The third-order valence-corrected chi connectivity index (χ3v) is 3.57. The molecule has 19 heavy (non-hydrogen) atoms. The van der Waals surface area contributed by atoms with Crippen LogP contribution in [0.2, 0.25) is 0 Å². The predicted octanol–water partition coefficient (Wildman–Crippen LogP) is 0.657. The summed E-state index contributed by atoms with van der Waals surface area (Å²) in [5.41, 5.74) is 5.34. The molecule has 1 aromatic rings. The minimum absolute atomic E-state index is 0.176. The summed E-state index contributed by atoms with van der Waals surface area (Å²) in [5, 5.41) is 9.96. The number of anilines is 1. The van der Waals surface area contributed by atoms with Gasteiger partial charge in [0.15, 0.2) is 0 Å². The van der Waals surface area contributed by atoms with E-state index in [4.69, 9.17) is 5.73 Å². The Hall–Kier alpha value is -1.17. The second-order valence-electron chi connectivity index (χ2n) is 5.42. The maximum absolute atomic E-state index is 13.7. The largest absolute Gasteiger partial charge is 0.388 e. The van der Waals surface area contributed by atoms with Crippen LogP contribution in [0, 0.1) is 5.82 Å². The number of hydrogen-bond donors (Lipinski definition) is 2. The van der Waals surface area contributed by atoms with Gasteiger partial charge in [-0.25, -0.2) is 4.39 Å². The van der Waals surface area contributed by atoms with Crippen molar-refractivity contribution in [3.63, 3.8) is 0 Å². The summed E-state index contributed by atoms with van der Waals surface area (Å²) in [7, 11) is 0. The van der Waals surface area contributed by atoms with Crippen molar-refractivity contribution in [2.45, 2.75) is 12.5 Å². The Kier molecular flexibility index (Phi) is 4.39. The Morgan fingerprint density at radius 3 is 2.47 bits per heavy atom. The van der Waals surface area contributed by atoms with Crippen LogP contribution in [0.4, 0.5) is 10.1 Å². The molecular formula is C14H22FN3O. The first-order valence-electron chi connectivity index (χ1n) is 6.66. The molecule has 0 aromatic heterocycles. The predicted molar refractivity (Wildman–Crippen MR) is 74.7 cm³/mol. The number of aliphatic hydroxyl groups is 1. The Bertz CT molecular complexity index is 417. The molecule has 1 aliphatic heterocycles. The van der Waals surface area contributed by atoms with Crippen molar-refractivity contribution >= 4 is 5.69 Å². The molecule has 1 aliphatic rings. The zero-order chi connectivity index (χ0) is 13.9. The molecular weight excluding hydrogens is 245 g/mol. The second-order valence-corrected chi connectivity index (χ2v) is 5.42. The topological polar surface area (TPSA) is 52.7 Å². The van der Waals surface area contributed by atoms with E-state index in [2.05, 4.69) is 4.90 Å². The van der Waals surface area contributed by atoms with E-state index in [1.54, 1.807) is 19.1 Å². The SMILES string of the molecule is CC(O)(CN)CN1CCN(c2ccccc2F)CC1. The van der Waals surface area contributed by atoms with Gasteiger partial charge in [0.1, 0.15) is 5.82 Å². The molecule has 0 spiro atoms. The Morgan fingerprint density at radius 1 is 1.26 bits per heavy atom. The van der Waals surface area contributed by atoms with Gasteiger partial charge in [0.2, 0.25) is 0 Å². The summed E-state index contributed by atoms with van der Waals surface area (Å²) in [6.45, 7) is 5.71. The van der Waals surface area contributed by atoms with Crippen LogP contribution in [0.1, 0.15) is 6.92 Å². The van der Waals surface area contributed by atoms with Crippen molar-refractivity contribution in [3.05, 3.63) is 30.1 Å². The average molecular weight is 267 g/mol. The van der Waals surface area contributed by atoms with Crippen LogP contribution in [0.25, 0.3) is 0 Å². The van der Waals surface area contributed by atoms with Crippen LogP contribution in [0.15, 0.2) is 24.3 Å². The molecule has 5 heteroatoms. The van der Waals surface area contributed by atoms with Gasteiger partial charge < -0.3 is 15.7 Å². The van der Waals surface area contributed by atoms with Crippen LogP contribution < -0.4 is 10.6 Å². The van der Waals surface area contributed by atoms with Gasteiger partial charge in [0, 0.05) is 39.3 Å². The zero-order valence-electron chi connectivity index (χ0n) is 11.3. The summed E-state index contributed by atoms with van der Waals surface area (Å²) >= 11 is 0. The standard InChI is InChI=1S/C14H22FN3O/c1-14(19,10-16)11-17-6-8-18(9-7-17)13-5-3-2-4-12(13)15/h2-5,19H,6-11,16H2,1H3. The molecule has 1 saturated heterocycles. The molecule has 1 fully saturated rings. The number of hydrogen-bond acceptors (Lipinski definition) is 4. The number of nitrogens with zero attached hydrogens (tertiary/aromatic N) is 2. The number of β-amino-alcohol motifs (C(OH)–C–C–N with tert-alkyl or cyclic N) is 1. The third-order valence-electron chi connectivity index (χ3n) is 3.57. The summed E-state index contributed by atoms with van der Waals surface area (Å²) in [5.74, 6) is -0.176. The first kappa shape index (κ1) is 14.2. The fourth-order valence-electron chi connectivity index (χ4n) is 2.40. The molecule has 0 bridgehead atoms. The maximum atomic E-state index is 13.7. The summed E-state index contributed by atoms with van der Waals surface area (Å²) in [6, 6.07) is 6.85. The van der Waals surface area contributed by atoms with Crippen molar-refractivity contribution in [1.82, 2.24) is 4.90 Å². The number of para-hydroxylation sites is 1. The van der Waals surface area contributed by atoms with Gasteiger partial charge in [-0.2, -0.15) is 0 Å². The lowest BCUT2D eigenvalue weighted by molar-refractivity contribution is 0.0257. The number of halogens is 1. The number of rotatable bonds is 4. The fraction of sp³-hybridized carbons (Fsp3) is 0.571. The lowest BCUT2D eigenvalue weighted by atomic mass is 10.1. The van der Waals surface area contributed by atoms with Crippen LogP contribution in [-0.2, 0) is 0 Å². The minimum atomic E-state index is -0.847. The zero-order valence-corrected chi connectivity index (χ0v) is 11.3. The van der Waals surface area contributed by atoms with Crippen molar-refractivity contribution in [1.29, 1.82) is 0 Å². The van der Waals surface area contributed by atoms with Crippen LogP contribution in [0.5, 0.6) is 0 Å². The van der Waals surface area contributed by atoms with Crippen LogP contribution in [0.3, 0.4) is 0 Å². The van der Waals surface area contributed by atoms with E-state index in [-0.39, 0.29) is 12.4 Å². The lowest BCUT2D eigenvalue weighted by Gasteiger charge is -2.39. The average Bonchev–Trinajstić information content (AvgIpc) is 2.40. The highest BCUT2D eigenvalue weighted by Gasteiger charge is 2.25. The molecule has 1 atom stereocenters. The normalized spacial score (nSPS) is 20.3. The first-order valence-corrected chi connectivity index (χ1v) is 6.66. The van der Waals surface area contributed by atoms with E-state index in [9.17, 15) is 9.50 Å². The van der Waals surface area contributed by atoms with Crippen LogP contribution in [-0.4, -0.2) is 54.9 Å². The monoisotopic (exact) mass is 267 g/mol. The summed E-state index contributed by atoms with van der Waals surface area (Å²) < 4.78 is 13.7. The number of piperazine rings is 1. The van der Waals surface area contributed by atoms with Crippen molar-refractivity contribution in [2.75, 3.05) is 44.2 Å². The van der Waals surface area contributed by atoms with Gasteiger partial charge >= 0.3 is 0 Å². The highest BCUT2D eigenvalue weighted by molar-refractivity contribution is 5.47. The molecule has 0 amide bonds. The Labute approximate surface area is 113 Å². The highest BCUT2D eigenvalue weighted by atomic mass is 19.1. The molecule has 1 unspecified atom stereocenters. The quantitative estimate of drug-likeness (QED) is 0.841. The molecule has 0 aliphatic carbocycles. The minimum Gasteiger partial charge on any atom is -0.388 e. The Balaban J connectivity index is 1.91. The van der Waals surface area contributed by atoms with E-state index in [0.717, 1.165) is 26.2 Å². The van der Waals surface area contributed by atoms with Gasteiger partial charge in [-0.15, -0.1) is 0 Å². The van der Waals surface area contributed by atoms with Crippen molar-refractivity contribution < 1.29 is 9.50 Å². The molecule has 4 nitrogen and oxygen atoms in total. The summed E-state index contributed by atoms with van der Waals surface area (Å²) in [6.07, 6.45) is 0. The van der Waals surface area contributed by atoms with Gasteiger partial charge in [-0.3, -0.25) is 4.90 Å². The number of benzene rings is 1. The smallest absolute Gasteiger partial charge is 0.146 e. The van der Waals surface area contributed by atoms with E-state index in [1.807, 2.05) is 11.0 Å². The fourth-order valence-corrected chi connectivity index (χ4v) is 2.40. The van der Waals surface area contributed by atoms with E-state index in [1.165, 1.54) is 6.07 Å². The molecule has 1 heterocycles. The van der Waals surface area contributed by atoms with Crippen molar-refractivity contribution in [3.8, 4) is 0 Å². The lowest BCUT2D eigenvalue weighted by Crippen LogP contribution is -2.53. The van der Waals surface area contributed by atoms with E-state index < -0.39 is 5.60 Å². The highest BCUT2D eigenvalue weighted by Crippen LogP contribution is 2.20. The van der Waals surface area contributed by atoms with E-state index in [0.29, 0.717) is 12.2 Å². The summed E-state index contributed by atoms with van der Waals surface area (Å²) in [4.78, 5) is 4.22. The molecule has 3 N–H and O–H groups in total. The molecule has 106 valence electrons. The van der Waals surface area contributed by atoms with Gasteiger partial charge in [0.25, 0.3) is 0 Å². The molecule has 0 saturated carbocycles. The van der Waals surface area contributed by atoms with Crippen LogP contribution >= 0.6 is 0 Å². The molecule has 2 rings (SSSR count). The van der Waals surface area contributed by atoms with Crippen molar-refractivity contribution in [2.24, 2.45) is 5.73 Å². The van der Waals surface area contributed by atoms with E-state index >= 15 is 0 Å². The second kappa shape index (κ2) is 5.86. The number of nitrogens with two attached hydrogens (primary N) is 1. The molecule has 1 aromatic carbocycles. The van der Waals surface area contributed by atoms with Gasteiger partial charge in [-0.05, 0) is 19.1 Å². The maximum Gasteiger partial charge on any atom is 0.146 e. The molecule has 0 radical (unpaired) electrons. The van der Waals surface area contributed by atoms with Gasteiger partial charge in [-0.1, -0.05) is 12.1 Å². The Morgan fingerprint density at radius 2 is 1.89 bits per heavy atom. The van der Waals surface area contributed by atoms with Gasteiger partial charge in [0.05, 0.1) is 11.3 Å². The first-order chi connectivity index (χ1) is 9.02. The third kappa shape index (κ3) is 3.65.